The van der Waals surface area contributed by atoms with Crippen LogP contribution in [0.4, 0.5) is 4.79 Å². The molecule has 3 aliphatic rings. The molecule has 0 aromatic rings. The highest BCUT2D eigenvalue weighted by Gasteiger charge is 2.51. The summed E-state index contributed by atoms with van der Waals surface area (Å²) in [5.74, 6) is -0.00298. The topological polar surface area (TPSA) is 81.8 Å². The average Bonchev–Trinajstić information content (AvgIpc) is 3.18. The molecule has 1 atom stereocenters. The van der Waals surface area contributed by atoms with Crippen LogP contribution in [0.3, 0.4) is 0 Å². The van der Waals surface area contributed by atoms with Crippen molar-refractivity contribution in [3.8, 4) is 0 Å². The number of nitrogens with zero attached hydrogens (tertiary/aromatic N) is 2. The molecule has 3 fully saturated rings. The summed E-state index contributed by atoms with van der Waals surface area (Å²) in [7, 11) is 0. The smallest absolute Gasteiger partial charge is 0.325 e. The minimum atomic E-state index is -0.635. The highest BCUT2D eigenvalue weighted by atomic mass is 16.2. The Kier molecular flexibility index (Phi) is 5.61. The molecule has 140 valence electrons. The second kappa shape index (κ2) is 7.72. The molecule has 2 N–H and O–H groups in total. The number of urea groups is 1. The molecule has 7 heteroatoms. The lowest BCUT2D eigenvalue weighted by Gasteiger charge is -2.33. The molecule has 3 rings (SSSR count). The highest BCUT2D eigenvalue weighted by molar-refractivity contribution is 6.07. The third-order valence-electron chi connectivity index (χ3n) is 5.88. The van der Waals surface area contributed by atoms with Crippen molar-refractivity contribution in [3.63, 3.8) is 0 Å². The summed E-state index contributed by atoms with van der Waals surface area (Å²) in [6.45, 7) is 4.83. The lowest BCUT2D eigenvalue weighted by atomic mass is 9.98. The van der Waals surface area contributed by atoms with Crippen LogP contribution in [0.25, 0.3) is 0 Å². The first kappa shape index (κ1) is 18.2. The van der Waals surface area contributed by atoms with Gasteiger partial charge in [0.25, 0.3) is 5.91 Å². The van der Waals surface area contributed by atoms with Crippen LogP contribution in [-0.4, -0.2) is 65.4 Å². The largest absolute Gasteiger partial charge is 0.355 e. The first-order valence-corrected chi connectivity index (χ1v) is 9.73. The highest BCUT2D eigenvalue weighted by Crippen LogP contribution is 2.34. The van der Waals surface area contributed by atoms with Crippen LogP contribution in [-0.2, 0) is 9.59 Å². The normalized spacial score (nSPS) is 26.3. The third kappa shape index (κ3) is 3.66. The van der Waals surface area contributed by atoms with E-state index in [-0.39, 0.29) is 23.9 Å². The first-order valence-electron chi connectivity index (χ1n) is 9.73. The Labute approximate surface area is 149 Å². The summed E-state index contributed by atoms with van der Waals surface area (Å²) < 4.78 is 0. The Bertz CT molecular complexity index is 530. The summed E-state index contributed by atoms with van der Waals surface area (Å²) in [5.41, 5.74) is -0.635. The van der Waals surface area contributed by atoms with Gasteiger partial charge in [-0.1, -0.05) is 26.2 Å². The van der Waals surface area contributed by atoms with Crippen LogP contribution in [0.5, 0.6) is 0 Å². The number of rotatable bonds is 6. The summed E-state index contributed by atoms with van der Waals surface area (Å²) in [5, 5.41) is 5.87. The first-order chi connectivity index (χ1) is 12.1. The molecular weight excluding hydrogens is 320 g/mol. The lowest BCUT2D eigenvalue weighted by Crippen LogP contribution is -2.49. The third-order valence-corrected chi connectivity index (χ3v) is 5.88. The van der Waals surface area contributed by atoms with Crippen molar-refractivity contribution in [2.45, 2.75) is 69.9 Å². The molecule has 0 aromatic heterocycles. The SMILES string of the molecule is CCN1CCCC[C@@H]1C(=O)NCCCN1C(=O)NC2(CCCC2)C1=O. The van der Waals surface area contributed by atoms with Crippen molar-refractivity contribution in [1.29, 1.82) is 0 Å². The van der Waals surface area contributed by atoms with E-state index in [2.05, 4.69) is 22.5 Å². The zero-order valence-electron chi connectivity index (χ0n) is 15.2. The second-order valence-corrected chi connectivity index (χ2v) is 7.46. The van der Waals surface area contributed by atoms with Gasteiger partial charge in [0.15, 0.2) is 0 Å². The van der Waals surface area contributed by atoms with Crippen molar-refractivity contribution in [2.75, 3.05) is 26.2 Å². The van der Waals surface area contributed by atoms with Gasteiger partial charge in [0.1, 0.15) is 5.54 Å². The number of likely N-dealkylation sites (tertiary alicyclic amines) is 1. The van der Waals surface area contributed by atoms with Crippen LogP contribution in [0.15, 0.2) is 0 Å². The molecule has 1 aliphatic carbocycles. The monoisotopic (exact) mass is 350 g/mol. The number of nitrogens with one attached hydrogen (secondary N) is 2. The van der Waals surface area contributed by atoms with E-state index < -0.39 is 5.54 Å². The van der Waals surface area contributed by atoms with E-state index in [0.717, 1.165) is 58.0 Å². The van der Waals surface area contributed by atoms with E-state index in [1.54, 1.807) is 0 Å². The molecule has 0 aromatic carbocycles. The van der Waals surface area contributed by atoms with E-state index in [4.69, 9.17) is 0 Å². The maximum atomic E-state index is 12.5. The lowest BCUT2D eigenvalue weighted by molar-refractivity contribution is -0.131. The van der Waals surface area contributed by atoms with E-state index in [0.29, 0.717) is 19.5 Å². The minimum Gasteiger partial charge on any atom is -0.355 e. The Balaban J connectivity index is 1.43. The Morgan fingerprint density at radius 3 is 2.72 bits per heavy atom. The second-order valence-electron chi connectivity index (χ2n) is 7.46. The summed E-state index contributed by atoms with van der Waals surface area (Å²) in [6.07, 6.45) is 7.24. The summed E-state index contributed by atoms with van der Waals surface area (Å²) in [4.78, 5) is 40.6. The van der Waals surface area contributed by atoms with Gasteiger partial charge in [-0.3, -0.25) is 19.4 Å². The molecule has 2 aliphatic heterocycles. The fourth-order valence-electron chi connectivity index (χ4n) is 4.43. The molecule has 7 nitrogen and oxygen atoms in total. The zero-order valence-corrected chi connectivity index (χ0v) is 15.2. The van der Waals surface area contributed by atoms with Gasteiger partial charge >= 0.3 is 6.03 Å². The average molecular weight is 350 g/mol. The van der Waals surface area contributed by atoms with Crippen molar-refractivity contribution < 1.29 is 14.4 Å². The maximum Gasteiger partial charge on any atom is 0.325 e. The minimum absolute atomic E-state index is 0.0303. The molecule has 2 saturated heterocycles. The van der Waals surface area contributed by atoms with Gasteiger partial charge in [-0.2, -0.15) is 0 Å². The van der Waals surface area contributed by atoms with Crippen LogP contribution >= 0.6 is 0 Å². The number of imide groups is 1. The summed E-state index contributed by atoms with van der Waals surface area (Å²) >= 11 is 0. The van der Waals surface area contributed by atoms with Crippen molar-refractivity contribution in [2.24, 2.45) is 0 Å². The van der Waals surface area contributed by atoms with Gasteiger partial charge in [0.2, 0.25) is 5.91 Å². The van der Waals surface area contributed by atoms with E-state index in [1.165, 1.54) is 4.90 Å². The molecular formula is C18H30N4O3. The van der Waals surface area contributed by atoms with Crippen LogP contribution in [0, 0.1) is 0 Å². The van der Waals surface area contributed by atoms with Crippen molar-refractivity contribution >= 4 is 17.8 Å². The predicted molar refractivity (Wildman–Crippen MR) is 94.0 cm³/mol. The van der Waals surface area contributed by atoms with Gasteiger partial charge in [-0.25, -0.2) is 4.79 Å². The Morgan fingerprint density at radius 2 is 2.00 bits per heavy atom. The molecule has 1 spiro atoms. The molecule has 0 radical (unpaired) electrons. The molecule has 4 amide bonds. The Morgan fingerprint density at radius 1 is 1.24 bits per heavy atom. The van der Waals surface area contributed by atoms with Gasteiger partial charge in [-0.15, -0.1) is 0 Å². The number of hydrogen-bond donors (Lipinski definition) is 2. The number of carbonyl (C=O) groups excluding carboxylic acids is 3. The number of likely N-dealkylation sites (N-methyl/N-ethyl adjacent to an activating group) is 1. The maximum absolute atomic E-state index is 12.5. The molecule has 0 bridgehead atoms. The van der Waals surface area contributed by atoms with E-state index in [1.807, 2.05) is 0 Å². The van der Waals surface area contributed by atoms with Gasteiger partial charge in [0.05, 0.1) is 6.04 Å². The quantitative estimate of drug-likeness (QED) is 0.558. The standard InChI is InChI=1S/C18H30N4O3/c1-2-21-12-6-3-8-14(21)15(23)19-11-7-13-22-16(24)18(20-17(22)25)9-4-5-10-18/h14H,2-13H2,1H3,(H,19,23)(H,20,25)/t14-/m1/s1. The van der Waals surface area contributed by atoms with E-state index in [9.17, 15) is 14.4 Å². The van der Waals surface area contributed by atoms with Crippen molar-refractivity contribution in [3.05, 3.63) is 0 Å². The molecule has 25 heavy (non-hydrogen) atoms. The zero-order chi connectivity index (χ0) is 17.9. The van der Waals surface area contributed by atoms with Crippen LogP contribution in [0.1, 0.15) is 58.3 Å². The predicted octanol–water partition coefficient (Wildman–Crippen LogP) is 1.23. The molecule has 2 heterocycles. The Hall–Kier alpha value is -1.63. The fourth-order valence-corrected chi connectivity index (χ4v) is 4.43. The molecule has 1 saturated carbocycles. The van der Waals surface area contributed by atoms with Gasteiger partial charge < -0.3 is 10.6 Å². The van der Waals surface area contributed by atoms with Gasteiger partial charge in [0, 0.05) is 13.1 Å². The fraction of sp³-hybridized carbons (Fsp3) is 0.833. The number of amides is 4. The molecule has 0 unspecified atom stereocenters. The van der Waals surface area contributed by atoms with Gasteiger partial charge in [-0.05, 0) is 45.2 Å². The van der Waals surface area contributed by atoms with Crippen LogP contribution in [0.2, 0.25) is 0 Å². The van der Waals surface area contributed by atoms with Crippen molar-refractivity contribution in [1.82, 2.24) is 20.4 Å². The summed E-state index contributed by atoms with van der Waals surface area (Å²) in [6, 6.07) is -0.306. The number of hydrogen-bond acceptors (Lipinski definition) is 4. The number of piperidine rings is 1. The van der Waals surface area contributed by atoms with Crippen LogP contribution < -0.4 is 10.6 Å². The van der Waals surface area contributed by atoms with E-state index >= 15 is 0 Å². The number of carbonyl (C=O) groups is 3.